The van der Waals surface area contributed by atoms with Crippen molar-refractivity contribution in [2.75, 3.05) is 33.0 Å². The van der Waals surface area contributed by atoms with Crippen molar-refractivity contribution < 1.29 is 69.0 Å². The molecule has 77 heavy (non-hydrogen) atoms. The van der Waals surface area contributed by atoms with Crippen LogP contribution in [0.5, 0.6) is 0 Å². The highest BCUT2D eigenvalue weighted by Crippen LogP contribution is 2.27. The molecule has 2 fully saturated rings. The van der Waals surface area contributed by atoms with E-state index in [1.165, 1.54) is 103 Å². The van der Waals surface area contributed by atoms with E-state index in [9.17, 15) is 40.5 Å². The third kappa shape index (κ3) is 35.7. The molecule has 0 radical (unpaired) electrons. The molecule has 0 amide bonds. The first kappa shape index (κ1) is 70.5. The number of esters is 1. The first-order valence-corrected chi connectivity index (χ1v) is 30.5. The number of carbonyl (C=O) groups is 1. The maximum absolute atomic E-state index is 13.1. The summed E-state index contributed by atoms with van der Waals surface area (Å²) < 4.78 is 34.4. The second-order valence-electron chi connectivity index (χ2n) is 21.1. The Labute approximate surface area is 466 Å². The smallest absolute Gasteiger partial charge is 0.306 e. The number of hydrogen-bond donors (Lipinski definition) is 7. The lowest BCUT2D eigenvalue weighted by Gasteiger charge is -2.42. The van der Waals surface area contributed by atoms with Gasteiger partial charge in [-0.15, -0.1) is 0 Å². The van der Waals surface area contributed by atoms with Gasteiger partial charge in [0.15, 0.2) is 12.6 Å². The summed E-state index contributed by atoms with van der Waals surface area (Å²) in [5, 5.41) is 72.4. The van der Waals surface area contributed by atoms with Crippen molar-refractivity contribution in [2.45, 2.75) is 287 Å². The third-order valence-corrected chi connectivity index (χ3v) is 14.2. The van der Waals surface area contributed by atoms with Gasteiger partial charge in [-0.3, -0.25) is 4.79 Å². The van der Waals surface area contributed by atoms with Gasteiger partial charge in [0, 0.05) is 13.0 Å². The van der Waals surface area contributed by atoms with Gasteiger partial charge in [-0.25, -0.2) is 0 Å². The predicted molar refractivity (Wildman–Crippen MR) is 307 cm³/mol. The molecule has 11 unspecified atom stereocenters. The van der Waals surface area contributed by atoms with Gasteiger partial charge in [-0.2, -0.15) is 0 Å². The standard InChI is InChI=1S/C63H110O14/c1-3-5-7-9-11-13-15-17-19-21-23-24-25-26-27-28-29-30-32-34-36-38-40-42-44-46-55(65)75-52(49-72-47-45-43-41-39-37-35-33-31-22-20-18-16-14-12-10-8-6-4-2)50-73-62-61(71)59(69)57(67)54(77-62)51-74-63-60(70)58(68)56(66)53(48-64)76-63/h6,8,12,14-15,17-18,20-21,23,31,33,52-54,56-64,66-71H,3-5,7,9-11,13,16,19,22,24-30,32,34-51H2,1-2H3/b8-6-,14-12-,17-15-,20-18-,23-21-,33-31-. The molecule has 14 heteroatoms. The molecule has 0 spiro atoms. The average molecular weight is 1090 g/mol. The molecule has 0 bridgehead atoms. The first-order valence-electron chi connectivity index (χ1n) is 30.5. The van der Waals surface area contributed by atoms with Gasteiger partial charge >= 0.3 is 5.97 Å². The predicted octanol–water partition coefficient (Wildman–Crippen LogP) is 11.4. The van der Waals surface area contributed by atoms with Crippen LogP contribution in [0.3, 0.4) is 0 Å². The number of rotatable bonds is 49. The largest absolute Gasteiger partial charge is 0.457 e. The first-order chi connectivity index (χ1) is 37.6. The van der Waals surface area contributed by atoms with Gasteiger partial charge in [0.1, 0.15) is 54.9 Å². The maximum atomic E-state index is 13.1. The van der Waals surface area contributed by atoms with Crippen molar-refractivity contribution in [3.63, 3.8) is 0 Å². The second-order valence-corrected chi connectivity index (χ2v) is 21.1. The highest BCUT2D eigenvalue weighted by Gasteiger charge is 2.47. The molecule has 2 saturated heterocycles. The number of allylic oxidation sites excluding steroid dienone is 12. The minimum Gasteiger partial charge on any atom is -0.457 e. The Kier molecular flexibility index (Phi) is 45.1. The third-order valence-electron chi connectivity index (χ3n) is 14.2. The van der Waals surface area contributed by atoms with Crippen LogP contribution in [0.25, 0.3) is 0 Å². The molecule has 0 aliphatic carbocycles. The van der Waals surface area contributed by atoms with Crippen LogP contribution in [0, 0.1) is 0 Å². The summed E-state index contributed by atoms with van der Waals surface area (Å²) in [6, 6.07) is 0. The molecule has 2 aliphatic heterocycles. The lowest BCUT2D eigenvalue weighted by molar-refractivity contribution is -0.332. The molecule has 0 aromatic carbocycles. The fraction of sp³-hybridized carbons (Fsp3) is 0.794. The lowest BCUT2D eigenvalue weighted by atomic mass is 9.98. The normalized spacial score (nSPS) is 24.8. The van der Waals surface area contributed by atoms with E-state index in [-0.39, 0.29) is 25.6 Å². The number of hydrogen-bond acceptors (Lipinski definition) is 14. The molecule has 7 N–H and O–H groups in total. The maximum Gasteiger partial charge on any atom is 0.306 e. The van der Waals surface area contributed by atoms with E-state index >= 15 is 0 Å². The Morgan fingerprint density at radius 3 is 1.32 bits per heavy atom. The van der Waals surface area contributed by atoms with E-state index in [1.807, 2.05) is 0 Å². The molecular weight excluding hydrogens is 981 g/mol. The number of aliphatic hydroxyl groups excluding tert-OH is 7. The molecule has 0 saturated carbocycles. The zero-order valence-electron chi connectivity index (χ0n) is 47.9. The van der Waals surface area contributed by atoms with Gasteiger partial charge in [0.05, 0.1) is 26.4 Å². The molecular formula is C63H110O14. The lowest BCUT2D eigenvalue weighted by Crippen LogP contribution is -2.61. The molecule has 446 valence electrons. The Balaban J connectivity index is 1.69. The van der Waals surface area contributed by atoms with Crippen LogP contribution >= 0.6 is 0 Å². The Morgan fingerprint density at radius 2 is 0.844 bits per heavy atom. The molecule has 2 aliphatic rings. The zero-order valence-corrected chi connectivity index (χ0v) is 47.9. The zero-order chi connectivity index (χ0) is 55.8. The summed E-state index contributed by atoms with van der Waals surface area (Å²) in [7, 11) is 0. The van der Waals surface area contributed by atoms with Crippen molar-refractivity contribution in [1.29, 1.82) is 0 Å². The Bertz CT molecular complexity index is 1550. The summed E-state index contributed by atoms with van der Waals surface area (Å²) in [5.41, 5.74) is 0. The number of carbonyl (C=O) groups excluding carboxylic acids is 1. The van der Waals surface area contributed by atoms with Gasteiger partial charge in [-0.05, 0) is 83.5 Å². The topological polar surface area (TPSA) is 214 Å². The van der Waals surface area contributed by atoms with Crippen LogP contribution in [-0.2, 0) is 33.2 Å². The molecule has 14 nitrogen and oxygen atoms in total. The van der Waals surface area contributed by atoms with E-state index in [2.05, 4.69) is 86.8 Å². The van der Waals surface area contributed by atoms with Crippen LogP contribution in [0.2, 0.25) is 0 Å². The fourth-order valence-electron chi connectivity index (χ4n) is 9.31. The minimum absolute atomic E-state index is 0.0461. The van der Waals surface area contributed by atoms with Crippen LogP contribution in [0.1, 0.15) is 219 Å². The van der Waals surface area contributed by atoms with Crippen LogP contribution in [0.4, 0.5) is 0 Å². The van der Waals surface area contributed by atoms with E-state index in [1.54, 1.807) is 0 Å². The highest BCUT2D eigenvalue weighted by atomic mass is 16.7. The molecule has 0 aromatic heterocycles. The summed E-state index contributed by atoms with van der Waals surface area (Å²) in [5.74, 6) is -0.384. The van der Waals surface area contributed by atoms with Gasteiger partial charge in [0.25, 0.3) is 0 Å². The average Bonchev–Trinajstić information content (AvgIpc) is 3.43. The van der Waals surface area contributed by atoms with Crippen molar-refractivity contribution >= 4 is 5.97 Å². The Hall–Kier alpha value is -2.57. The van der Waals surface area contributed by atoms with Gasteiger partial charge < -0.3 is 64.2 Å². The van der Waals surface area contributed by atoms with E-state index in [4.69, 9.17) is 28.4 Å². The van der Waals surface area contributed by atoms with Crippen molar-refractivity contribution in [3.05, 3.63) is 72.9 Å². The van der Waals surface area contributed by atoms with Gasteiger partial charge in [-0.1, -0.05) is 202 Å². The number of unbranched alkanes of at least 4 members (excludes halogenated alkanes) is 23. The number of aliphatic hydroxyl groups is 7. The Morgan fingerprint density at radius 1 is 0.442 bits per heavy atom. The molecule has 0 aromatic rings. The fourth-order valence-corrected chi connectivity index (χ4v) is 9.31. The quantitative estimate of drug-likeness (QED) is 0.0172. The summed E-state index contributed by atoms with van der Waals surface area (Å²) in [6.07, 6.45) is 46.8. The van der Waals surface area contributed by atoms with E-state index < -0.39 is 80.7 Å². The van der Waals surface area contributed by atoms with E-state index in [0.717, 1.165) is 89.9 Å². The van der Waals surface area contributed by atoms with Crippen LogP contribution in [-0.4, -0.2) is 142 Å². The van der Waals surface area contributed by atoms with Crippen LogP contribution < -0.4 is 0 Å². The molecule has 2 heterocycles. The summed E-state index contributed by atoms with van der Waals surface area (Å²) in [6.45, 7) is 3.53. The highest BCUT2D eigenvalue weighted by molar-refractivity contribution is 5.69. The van der Waals surface area contributed by atoms with E-state index in [0.29, 0.717) is 13.0 Å². The van der Waals surface area contributed by atoms with Crippen molar-refractivity contribution in [1.82, 2.24) is 0 Å². The second kappa shape index (κ2) is 49.3. The molecule has 11 atom stereocenters. The monoisotopic (exact) mass is 1090 g/mol. The van der Waals surface area contributed by atoms with Crippen molar-refractivity contribution in [2.24, 2.45) is 0 Å². The minimum atomic E-state index is -1.71. The van der Waals surface area contributed by atoms with Crippen LogP contribution in [0.15, 0.2) is 72.9 Å². The summed E-state index contributed by atoms with van der Waals surface area (Å²) in [4.78, 5) is 13.1. The number of ether oxygens (including phenoxy) is 6. The van der Waals surface area contributed by atoms with Gasteiger partial charge in [0.2, 0.25) is 0 Å². The van der Waals surface area contributed by atoms with Crippen molar-refractivity contribution in [3.8, 4) is 0 Å². The molecule has 2 rings (SSSR count). The summed E-state index contributed by atoms with van der Waals surface area (Å²) >= 11 is 0. The SMILES string of the molecule is CC/C=C\C/C=C\C/C=C\C/C=C\CCCCCCCOCC(COC1OC(COC2OC(CO)C(O)C(O)C2O)C(O)C(O)C1O)OC(=O)CCCCCCCCCCCCCCC/C=C\C/C=C\CCCCCCC.